The highest BCUT2D eigenvalue weighted by atomic mass is 35.5. The molecule has 8 rings (SSSR count). The molecule has 0 spiro atoms. The fourth-order valence-electron chi connectivity index (χ4n) is 7.41. The predicted octanol–water partition coefficient (Wildman–Crippen LogP) is 10.2. The maximum atomic E-state index is 15.3. The number of hydrogen-bond donors (Lipinski definition) is 0. The Labute approximate surface area is 300 Å². The van der Waals surface area contributed by atoms with Crippen LogP contribution in [0.4, 0.5) is 17.6 Å². The van der Waals surface area contributed by atoms with E-state index >= 15 is 4.39 Å². The Balaban J connectivity index is 1.32. The summed E-state index contributed by atoms with van der Waals surface area (Å²) < 4.78 is 70.4. The third kappa shape index (κ3) is 5.06. The van der Waals surface area contributed by atoms with Crippen molar-refractivity contribution in [3.8, 4) is 79.8 Å². The molecule has 0 aliphatic heterocycles. The fraction of sp³-hybridized carbons (Fsp3) is 0.122. The molecule has 2 aliphatic carbocycles. The van der Waals surface area contributed by atoms with Crippen LogP contribution >= 0.6 is 11.6 Å². The molecule has 0 N–H and O–H groups in total. The highest BCUT2D eigenvalue weighted by Crippen LogP contribution is 2.49. The number of hydrogen-bond acceptors (Lipinski definition) is 6. The summed E-state index contributed by atoms with van der Waals surface area (Å²) in [4.78, 5) is 9.23. The van der Waals surface area contributed by atoms with Crippen LogP contribution in [0.2, 0.25) is 5.02 Å². The highest BCUT2D eigenvalue weighted by Gasteiger charge is 2.36. The van der Waals surface area contributed by atoms with E-state index in [1.54, 1.807) is 18.2 Å². The van der Waals surface area contributed by atoms with Crippen LogP contribution < -0.4 is 9.47 Å². The van der Waals surface area contributed by atoms with E-state index in [9.17, 15) is 23.7 Å². The third-order valence-corrected chi connectivity index (χ3v) is 9.86. The first-order valence-electron chi connectivity index (χ1n) is 16.0. The summed E-state index contributed by atoms with van der Waals surface area (Å²) in [6.45, 7) is 0. The lowest BCUT2D eigenvalue weighted by Crippen LogP contribution is -2.08. The molecule has 0 radical (unpaired) electrons. The second kappa shape index (κ2) is 12.2. The SMILES string of the molecule is COc1nc2c(c(-c3ccc(C(F)(F)F)c(-c4ccc5c(c4)Cc4c-5nc(OC)c(C#N)c4-c4cc(Cl)ccc4F)c3)c1C#N)Cc1ccccc1-2. The Morgan fingerprint density at radius 2 is 1.29 bits per heavy atom. The van der Waals surface area contributed by atoms with Gasteiger partial charge in [0.1, 0.15) is 29.1 Å². The van der Waals surface area contributed by atoms with E-state index in [-0.39, 0.29) is 56.6 Å². The average molecular weight is 715 g/mol. The minimum Gasteiger partial charge on any atom is -0.480 e. The van der Waals surface area contributed by atoms with E-state index in [1.165, 1.54) is 44.6 Å². The van der Waals surface area contributed by atoms with Crippen molar-refractivity contribution in [3.63, 3.8) is 0 Å². The first-order valence-corrected chi connectivity index (χ1v) is 16.3. The topological polar surface area (TPSA) is 91.8 Å². The molecule has 0 amide bonds. The maximum Gasteiger partial charge on any atom is 0.417 e. The van der Waals surface area contributed by atoms with Crippen molar-refractivity contribution in [3.05, 3.63) is 129 Å². The molecule has 6 nitrogen and oxygen atoms in total. The third-order valence-electron chi connectivity index (χ3n) is 9.63. The van der Waals surface area contributed by atoms with Gasteiger partial charge in [-0.05, 0) is 69.3 Å². The van der Waals surface area contributed by atoms with Crippen LogP contribution in [0, 0.1) is 28.5 Å². The minimum atomic E-state index is -4.71. The summed E-state index contributed by atoms with van der Waals surface area (Å²) in [6.07, 6.45) is -4.12. The molecule has 0 atom stereocenters. The molecule has 11 heteroatoms. The second-order valence-corrected chi connectivity index (χ2v) is 12.8. The zero-order valence-corrected chi connectivity index (χ0v) is 28.2. The molecular weight excluding hydrogens is 692 g/mol. The summed E-state index contributed by atoms with van der Waals surface area (Å²) in [5.41, 5.74) is 6.00. The molecular formula is C41H23ClF4N4O2. The molecule has 0 saturated carbocycles. The van der Waals surface area contributed by atoms with Gasteiger partial charge in [0, 0.05) is 45.7 Å². The monoisotopic (exact) mass is 714 g/mol. The van der Waals surface area contributed by atoms with Crippen LogP contribution in [0.1, 0.15) is 38.9 Å². The average Bonchev–Trinajstić information content (AvgIpc) is 3.70. The Kier molecular flexibility index (Phi) is 7.74. The number of nitrogens with zero attached hydrogens (tertiary/aromatic N) is 4. The number of alkyl halides is 3. The number of fused-ring (bicyclic) bond motifs is 6. The zero-order valence-electron chi connectivity index (χ0n) is 27.4. The van der Waals surface area contributed by atoms with Gasteiger partial charge in [0.25, 0.3) is 0 Å². The molecule has 2 aromatic heterocycles. The number of halogens is 5. The van der Waals surface area contributed by atoms with E-state index < -0.39 is 17.6 Å². The Morgan fingerprint density at radius 3 is 1.96 bits per heavy atom. The normalized spacial score (nSPS) is 12.3. The van der Waals surface area contributed by atoms with Crippen molar-refractivity contribution >= 4 is 11.6 Å². The molecule has 0 fully saturated rings. The largest absolute Gasteiger partial charge is 0.480 e. The number of nitriles is 2. The van der Waals surface area contributed by atoms with Crippen LogP contribution in [0.25, 0.3) is 55.9 Å². The maximum absolute atomic E-state index is 15.3. The predicted molar refractivity (Wildman–Crippen MR) is 187 cm³/mol. The Hall–Kier alpha value is -6.23. The van der Waals surface area contributed by atoms with Crippen molar-refractivity contribution in [2.45, 2.75) is 19.0 Å². The van der Waals surface area contributed by atoms with Gasteiger partial charge in [-0.1, -0.05) is 60.1 Å². The number of methoxy groups -OCH3 is 2. The number of benzene rings is 4. The van der Waals surface area contributed by atoms with Crippen molar-refractivity contribution < 1.29 is 27.0 Å². The lowest BCUT2D eigenvalue weighted by Gasteiger charge is -2.18. The number of pyridine rings is 2. The molecule has 0 bridgehead atoms. The van der Waals surface area contributed by atoms with Gasteiger partial charge in [-0.3, -0.25) is 0 Å². The number of aromatic nitrogens is 2. The van der Waals surface area contributed by atoms with Crippen molar-refractivity contribution in [1.82, 2.24) is 9.97 Å². The molecule has 6 aromatic rings. The second-order valence-electron chi connectivity index (χ2n) is 12.4. The van der Waals surface area contributed by atoms with Gasteiger partial charge in [-0.2, -0.15) is 23.7 Å². The Bertz CT molecular complexity index is 2610. The highest BCUT2D eigenvalue weighted by molar-refractivity contribution is 6.30. The molecule has 4 aromatic carbocycles. The van der Waals surface area contributed by atoms with E-state index in [4.69, 9.17) is 21.1 Å². The molecule has 254 valence electrons. The van der Waals surface area contributed by atoms with Gasteiger partial charge >= 0.3 is 6.18 Å². The summed E-state index contributed by atoms with van der Waals surface area (Å²) in [5.74, 6) is -0.551. The quantitative estimate of drug-likeness (QED) is 0.165. The van der Waals surface area contributed by atoms with Gasteiger partial charge in [-0.25, -0.2) is 14.4 Å². The lowest BCUT2D eigenvalue weighted by molar-refractivity contribution is -0.137. The van der Waals surface area contributed by atoms with Gasteiger partial charge in [0.05, 0.1) is 31.2 Å². The first-order chi connectivity index (χ1) is 25.1. The van der Waals surface area contributed by atoms with Crippen molar-refractivity contribution in [1.29, 1.82) is 10.5 Å². The van der Waals surface area contributed by atoms with Crippen molar-refractivity contribution in [2.75, 3.05) is 14.2 Å². The summed E-state index contributed by atoms with van der Waals surface area (Å²) in [6, 6.07) is 24.7. The summed E-state index contributed by atoms with van der Waals surface area (Å²) in [7, 11) is 2.75. The molecule has 2 heterocycles. The van der Waals surface area contributed by atoms with E-state index in [1.807, 2.05) is 24.3 Å². The molecule has 0 saturated heterocycles. The minimum absolute atomic E-state index is 0.0123. The Morgan fingerprint density at radius 1 is 0.673 bits per heavy atom. The molecule has 2 aliphatic rings. The first kappa shape index (κ1) is 32.9. The zero-order chi connectivity index (χ0) is 36.5. The van der Waals surface area contributed by atoms with Crippen LogP contribution in [-0.4, -0.2) is 24.2 Å². The van der Waals surface area contributed by atoms with E-state index in [2.05, 4.69) is 22.1 Å². The number of ether oxygens (including phenoxy) is 2. The summed E-state index contributed by atoms with van der Waals surface area (Å²) >= 11 is 6.25. The lowest BCUT2D eigenvalue weighted by atomic mass is 9.89. The van der Waals surface area contributed by atoms with Gasteiger partial charge in [-0.15, -0.1) is 0 Å². The van der Waals surface area contributed by atoms with Crippen LogP contribution in [0.15, 0.2) is 78.9 Å². The van der Waals surface area contributed by atoms with Gasteiger partial charge < -0.3 is 9.47 Å². The van der Waals surface area contributed by atoms with Crippen molar-refractivity contribution in [2.24, 2.45) is 0 Å². The van der Waals surface area contributed by atoms with Crippen LogP contribution in [0.5, 0.6) is 11.8 Å². The summed E-state index contributed by atoms with van der Waals surface area (Å²) in [5, 5.41) is 20.7. The standard InChI is InChI=1S/C41H23ClF4N4O2/c1-51-39-31(18-47)35(29-14-20-5-3-4-6-25(20)37(29)49-39)22-8-11-33(41(44,45)46)27(15-22)21-7-10-26-23(13-21)16-30-36(28-17-24(42)9-12-34(28)43)32(19-48)40(52-2)50-38(26)30/h3-13,15,17H,14,16H2,1-2H3. The van der Waals surface area contributed by atoms with E-state index in [0.29, 0.717) is 45.6 Å². The van der Waals surface area contributed by atoms with Crippen LogP contribution in [-0.2, 0) is 19.0 Å². The fourth-order valence-corrected chi connectivity index (χ4v) is 7.58. The van der Waals surface area contributed by atoms with Crippen LogP contribution in [0.3, 0.4) is 0 Å². The molecule has 52 heavy (non-hydrogen) atoms. The van der Waals surface area contributed by atoms with Gasteiger partial charge in [0.15, 0.2) is 0 Å². The molecule has 0 unspecified atom stereocenters. The van der Waals surface area contributed by atoms with Gasteiger partial charge in [0.2, 0.25) is 11.8 Å². The van der Waals surface area contributed by atoms with E-state index in [0.717, 1.165) is 22.8 Å². The number of rotatable bonds is 5. The smallest absolute Gasteiger partial charge is 0.417 e.